The second kappa shape index (κ2) is 5.45. The highest BCUT2D eigenvalue weighted by molar-refractivity contribution is 5.68. The number of hydrogen-bond acceptors (Lipinski definition) is 4. The predicted octanol–water partition coefficient (Wildman–Crippen LogP) is 2.32. The van der Waals surface area contributed by atoms with Crippen molar-refractivity contribution in [2.75, 3.05) is 13.1 Å². The van der Waals surface area contributed by atoms with Gasteiger partial charge in [0.05, 0.1) is 11.6 Å². The molecule has 1 amide bonds. The molecule has 0 aromatic rings. The lowest BCUT2D eigenvalue weighted by atomic mass is 10.2. The Morgan fingerprint density at radius 2 is 1.78 bits per heavy atom. The van der Waals surface area contributed by atoms with Gasteiger partial charge in [0.25, 0.3) is 0 Å². The number of amides is 1. The van der Waals surface area contributed by atoms with Crippen molar-refractivity contribution in [3.63, 3.8) is 0 Å². The molecule has 18 heavy (non-hydrogen) atoms. The molecule has 5 nitrogen and oxygen atoms in total. The number of hydroxylamine groups is 1. The summed E-state index contributed by atoms with van der Waals surface area (Å²) in [5, 5.41) is 0. The minimum Gasteiger partial charge on any atom is -0.444 e. The molecule has 5 heteroatoms. The van der Waals surface area contributed by atoms with E-state index in [1.165, 1.54) is 0 Å². The van der Waals surface area contributed by atoms with Crippen molar-refractivity contribution in [1.29, 1.82) is 0 Å². The van der Waals surface area contributed by atoms with E-state index in [0.29, 0.717) is 13.1 Å². The third-order valence-electron chi connectivity index (χ3n) is 2.37. The van der Waals surface area contributed by atoms with Gasteiger partial charge in [-0.15, -0.1) is 0 Å². The van der Waals surface area contributed by atoms with Gasteiger partial charge in [-0.05, 0) is 48.0 Å². The highest BCUT2D eigenvalue weighted by atomic mass is 16.7. The topological polar surface area (TPSA) is 50.8 Å². The first kappa shape index (κ1) is 15.2. The zero-order valence-corrected chi connectivity index (χ0v) is 12.4. The molecule has 1 aliphatic rings. The molecule has 0 aliphatic carbocycles. The average molecular weight is 258 g/mol. The van der Waals surface area contributed by atoms with Gasteiger partial charge in [0.1, 0.15) is 5.60 Å². The number of likely N-dealkylation sites (tertiary alicyclic amines) is 1. The zero-order chi connectivity index (χ0) is 14.0. The molecule has 0 spiro atoms. The number of nitrogens with one attached hydrogen (secondary N) is 1. The van der Waals surface area contributed by atoms with E-state index in [1.807, 2.05) is 41.5 Å². The number of carbonyl (C=O) groups excluding carboxylic acids is 1. The lowest BCUT2D eigenvalue weighted by Crippen LogP contribution is -2.40. The molecule has 1 fully saturated rings. The van der Waals surface area contributed by atoms with E-state index in [4.69, 9.17) is 9.57 Å². The van der Waals surface area contributed by atoms with Crippen LogP contribution in [0.25, 0.3) is 0 Å². The average Bonchev–Trinajstić information content (AvgIpc) is 2.58. The van der Waals surface area contributed by atoms with Crippen molar-refractivity contribution < 1.29 is 14.4 Å². The first-order valence-corrected chi connectivity index (χ1v) is 6.48. The van der Waals surface area contributed by atoms with Crippen LogP contribution in [0.1, 0.15) is 48.0 Å². The Balaban J connectivity index is 2.35. The minimum absolute atomic E-state index is 0.178. The number of nitrogens with zero attached hydrogens (tertiary/aromatic N) is 1. The van der Waals surface area contributed by atoms with Crippen LogP contribution < -0.4 is 5.48 Å². The van der Waals surface area contributed by atoms with Crippen LogP contribution in [0.2, 0.25) is 0 Å². The maximum Gasteiger partial charge on any atom is 0.410 e. The second-order valence-corrected chi connectivity index (χ2v) is 6.74. The summed E-state index contributed by atoms with van der Waals surface area (Å²) in [5.41, 5.74) is 2.36. The Kier molecular flexibility index (Phi) is 4.61. The summed E-state index contributed by atoms with van der Waals surface area (Å²) in [6.45, 7) is 12.9. The van der Waals surface area contributed by atoms with E-state index in [2.05, 4.69) is 5.48 Å². The van der Waals surface area contributed by atoms with Crippen molar-refractivity contribution in [1.82, 2.24) is 10.4 Å². The second-order valence-electron chi connectivity index (χ2n) is 6.74. The highest BCUT2D eigenvalue weighted by Gasteiger charge is 2.30. The summed E-state index contributed by atoms with van der Waals surface area (Å²) < 4.78 is 5.33. The minimum atomic E-state index is -0.440. The Morgan fingerprint density at radius 3 is 2.28 bits per heavy atom. The standard InChI is InChI=1S/C13H26N2O3/c1-12(2,3)17-11(16)15-8-7-10(9-15)14-18-13(4,5)6/h10,14H,7-9H2,1-6H3. The van der Waals surface area contributed by atoms with Crippen molar-refractivity contribution >= 4 is 6.09 Å². The van der Waals surface area contributed by atoms with E-state index < -0.39 is 5.60 Å². The van der Waals surface area contributed by atoms with E-state index in [1.54, 1.807) is 4.90 Å². The molecule has 1 N–H and O–H groups in total. The SMILES string of the molecule is CC(C)(C)ONC1CCN(C(=O)OC(C)(C)C)C1. The van der Waals surface area contributed by atoms with Crippen LogP contribution in [0.4, 0.5) is 4.79 Å². The van der Waals surface area contributed by atoms with Crippen LogP contribution in [-0.4, -0.2) is 41.3 Å². The maximum absolute atomic E-state index is 11.8. The van der Waals surface area contributed by atoms with Gasteiger partial charge in [0.2, 0.25) is 0 Å². The van der Waals surface area contributed by atoms with Gasteiger partial charge >= 0.3 is 6.09 Å². The van der Waals surface area contributed by atoms with Gasteiger partial charge in [0, 0.05) is 13.1 Å². The third kappa shape index (κ3) is 5.69. The van der Waals surface area contributed by atoms with Gasteiger partial charge in [0.15, 0.2) is 0 Å². The number of rotatable bonds is 2. The summed E-state index contributed by atoms with van der Waals surface area (Å²) in [5.74, 6) is 0. The van der Waals surface area contributed by atoms with E-state index in [9.17, 15) is 4.79 Å². The first-order chi connectivity index (χ1) is 8.07. The van der Waals surface area contributed by atoms with E-state index in [0.717, 1.165) is 6.42 Å². The van der Waals surface area contributed by atoms with Gasteiger partial charge in [-0.3, -0.25) is 4.84 Å². The van der Waals surface area contributed by atoms with Crippen LogP contribution in [-0.2, 0) is 9.57 Å². The van der Waals surface area contributed by atoms with Crippen LogP contribution >= 0.6 is 0 Å². The molecule has 0 aromatic heterocycles. The molecule has 1 rings (SSSR count). The van der Waals surface area contributed by atoms with Crippen molar-refractivity contribution in [2.45, 2.75) is 65.2 Å². The summed E-state index contributed by atoms with van der Waals surface area (Å²) in [4.78, 5) is 19.1. The van der Waals surface area contributed by atoms with Crippen LogP contribution in [0.5, 0.6) is 0 Å². The molecule has 0 radical (unpaired) electrons. The molecular weight excluding hydrogens is 232 g/mol. The number of ether oxygens (including phenoxy) is 1. The van der Waals surface area contributed by atoms with Gasteiger partial charge < -0.3 is 9.64 Å². The fraction of sp³-hybridized carbons (Fsp3) is 0.923. The lowest BCUT2D eigenvalue weighted by Gasteiger charge is -2.25. The Hall–Kier alpha value is -0.810. The molecule has 0 saturated carbocycles. The molecule has 1 unspecified atom stereocenters. The Bertz CT molecular complexity index is 292. The van der Waals surface area contributed by atoms with Crippen molar-refractivity contribution in [2.24, 2.45) is 0 Å². The van der Waals surface area contributed by atoms with Crippen LogP contribution in [0.3, 0.4) is 0 Å². The van der Waals surface area contributed by atoms with Gasteiger partial charge in [-0.25, -0.2) is 4.79 Å². The summed E-state index contributed by atoms with van der Waals surface area (Å²) in [6, 6.07) is 0.178. The van der Waals surface area contributed by atoms with Crippen LogP contribution in [0, 0.1) is 0 Å². The predicted molar refractivity (Wildman–Crippen MR) is 70.2 cm³/mol. The molecule has 1 heterocycles. The monoisotopic (exact) mass is 258 g/mol. The summed E-state index contributed by atoms with van der Waals surface area (Å²) in [7, 11) is 0. The quantitative estimate of drug-likeness (QED) is 0.772. The number of hydrogen-bond donors (Lipinski definition) is 1. The molecule has 1 atom stereocenters. The molecule has 0 bridgehead atoms. The smallest absolute Gasteiger partial charge is 0.410 e. The highest BCUT2D eigenvalue weighted by Crippen LogP contribution is 2.16. The van der Waals surface area contributed by atoms with E-state index in [-0.39, 0.29) is 17.7 Å². The summed E-state index contributed by atoms with van der Waals surface area (Å²) >= 11 is 0. The van der Waals surface area contributed by atoms with Gasteiger partial charge in [-0.2, -0.15) is 5.48 Å². The largest absolute Gasteiger partial charge is 0.444 e. The zero-order valence-electron chi connectivity index (χ0n) is 12.4. The fourth-order valence-corrected chi connectivity index (χ4v) is 1.61. The maximum atomic E-state index is 11.8. The normalized spacial score (nSPS) is 21.2. The number of carbonyl (C=O) groups is 1. The molecule has 106 valence electrons. The summed E-state index contributed by atoms with van der Waals surface area (Å²) in [6.07, 6.45) is 0.637. The van der Waals surface area contributed by atoms with E-state index >= 15 is 0 Å². The Morgan fingerprint density at radius 1 is 1.17 bits per heavy atom. The molecule has 1 saturated heterocycles. The lowest BCUT2D eigenvalue weighted by molar-refractivity contribution is -0.0866. The fourth-order valence-electron chi connectivity index (χ4n) is 1.61. The Labute approximate surface area is 110 Å². The first-order valence-electron chi connectivity index (χ1n) is 6.48. The molecule has 1 aliphatic heterocycles. The van der Waals surface area contributed by atoms with Gasteiger partial charge in [-0.1, -0.05) is 0 Å². The van der Waals surface area contributed by atoms with Crippen LogP contribution in [0.15, 0.2) is 0 Å². The van der Waals surface area contributed by atoms with Crippen molar-refractivity contribution in [3.05, 3.63) is 0 Å². The third-order valence-corrected chi connectivity index (χ3v) is 2.37. The molecule has 0 aromatic carbocycles. The molecular formula is C13H26N2O3. The van der Waals surface area contributed by atoms with Crippen molar-refractivity contribution in [3.8, 4) is 0 Å².